The van der Waals surface area contributed by atoms with Crippen molar-refractivity contribution >= 4 is 25.1 Å². The standard InChI is InChI=1S/C27H34FN6O8P/c1-4-18(5-2)13-39-25(37)17(3)33-43(38,41-19-9-7-6-8-10-19)40-15-27(28)23(36)22(35)26(14-29,42-27)21-12-11-20-24(30)31-16-32-34(20)21/h6-12,16-18,22-23,35-36H,4-5,13,15H2,1-3H3,(H,33,38)(H2,30,31,32)/t17-,22-,23+,26+,27-,43?/m1/s1. The van der Waals surface area contributed by atoms with Gasteiger partial charge in [-0.2, -0.15) is 15.4 Å². The number of fused-ring (bicyclic) bond motifs is 1. The molecule has 0 spiro atoms. The molecular formula is C27H34FN6O8P. The van der Waals surface area contributed by atoms with Crippen molar-refractivity contribution in [2.45, 2.75) is 63.3 Å². The number of anilines is 1. The third-order valence-corrected chi connectivity index (χ3v) is 8.86. The zero-order valence-electron chi connectivity index (χ0n) is 23.8. The van der Waals surface area contributed by atoms with Gasteiger partial charge in [0.2, 0.25) is 5.60 Å². The molecule has 5 N–H and O–H groups in total. The van der Waals surface area contributed by atoms with Gasteiger partial charge >= 0.3 is 13.7 Å². The van der Waals surface area contributed by atoms with E-state index in [9.17, 15) is 24.8 Å². The first kappa shape index (κ1) is 32.3. The molecule has 1 aliphatic rings. The zero-order chi connectivity index (χ0) is 31.4. The number of rotatable bonds is 13. The fourth-order valence-electron chi connectivity index (χ4n) is 4.57. The van der Waals surface area contributed by atoms with Crippen LogP contribution in [0.4, 0.5) is 10.2 Å². The molecule has 232 valence electrons. The lowest BCUT2D eigenvalue weighted by Crippen LogP contribution is -2.44. The lowest BCUT2D eigenvalue weighted by molar-refractivity contribution is -0.208. The predicted molar refractivity (Wildman–Crippen MR) is 150 cm³/mol. The predicted octanol–water partition coefficient (Wildman–Crippen LogP) is 2.61. The summed E-state index contributed by atoms with van der Waals surface area (Å²) < 4.78 is 52.9. The number of alkyl halides is 1. The number of nitrogen functional groups attached to an aromatic ring is 1. The van der Waals surface area contributed by atoms with Crippen LogP contribution in [0, 0.1) is 17.2 Å². The minimum absolute atomic E-state index is 0.0369. The molecule has 14 nitrogen and oxygen atoms in total. The van der Waals surface area contributed by atoms with Crippen LogP contribution in [0.5, 0.6) is 5.75 Å². The molecule has 2 aromatic heterocycles. The average Bonchev–Trinajstić information content (AvgIpc) is 3.52. The Balaban J connectivity index is 1.58. The van der Waals surface area contributed by atoms with Gasteiger partial charge in [0.15, 0.2) is 5.82 Å². The van der Waals surface area contributed by atoms with E-state index in [4.69, 9.17) is 24.3 Å². The van der Waals surface area contributed by atoms with Crippen molar-refractivity contribution in [3.63, 3.8) is 0 Å². The first-order valence-electron chi connectivity index (χ1n) is 13.6. The van der Waals surface area contributed by atoms with Gasteiger partial charge in [0, 0.05) is 0 Å². The number of benzene rings is 1. The number of nitrogens with zero attached hydrogens (tertiary/aromatic N) is 4. The van der Waals surface area contributed by atoms with Crippen molar-refractivity contribution in [2.75, 3.05) is 18.9 Å². The minimum Gasteiger partial charge on any atom is -0.464 e. The molecule has 1 unspecified atom stereocenters. The van der Waals surface area contributed by atoms with E-state index in [0.717, 1.165) is 23.7 Å². The molecular weight excluding hydrogens is 586 g/mol. The van der Waals surface area contributed by atoms with Crippen LogP contribution in [0.15, 0.2) is 48.8 Å². The summed E-state index contributed by atoms with van der Waals surface area (Å²) in [5.41, 5.74) is 3.44. The number of carbonyl (C=O) groups excluding carboxylic acids is 1. The van der Waals surface area contributed by atoms with E-state index in [1.165, 1.54) is 31.2 Å². The second-order valence-corrected chi connectivity index (χ2v) is 11.8. The quantitative estimate of drug-likeness (QED) is 0.160. The van der Waals surface area contributed by atoms with Crippen LogP contribution in [0.1, 0.15) is 39.3 Å². The Labute approximate surface area is 247 Å². The smallest absolute Gasteiger partial charge is 0.459 e. The summed E-state index contributed by atoms with van der Waals surface area (Å²) in [6, 6.07) is 11.0. The summed E-state index contributed by atoms with van der Waals surface area (Å²) in [5.74, 6) is -3.80. The Morgan fingerprint density at radius 1 is 1.26 bits per heavy atom. The number of nitriles is 1. The molecule has 1 aliphatic heterocycles. The molecule has 6 atom stereocenters. The van der Waals surface area contributed by atoms with Gasteiger partial charge in [-0.25, -0.2) is 18.5 Å². The van der Waals surface area contributed by atoms with Gasteiger partial charge in [-0.15, -0.1) is 0 Å². The van der Waals surface area contributed by atoms with E-state index in [1.807, 2.05) is 13.8 Å². The molecule has 0 aliphatic carbocycles. The lowest BCUT2D eigenvalue weighted by atomic mass is 9.92. The summed E-state index contributed by atoms with van der Waals surface area (Å²) in [6.45, 7) is 4.15. The van der Waals surface area contributed by atoms with Crippen molar-refractivity contribution in [1.82, 2.24) is 19.7 Å². The number of carbonyl (C=O) groups is 1. The van der Waals surface area contributed by atoms with Crippen LogP contribution in [0.25, 0.3) is 5.52 Å². The summed E-state index contributed by atoms with van der Waals surface area (Å²) in [4.78, 5) is 16.5. The third-order valence-electron chi connectivity index (χ3n) is 7.24. The number of hydrogen-bond acceptors (Lipinski definition) is 12. The number of aliphatic hydroxyl groups excluding tert-OH is 2. The van der Waals surface area contributed by atoms with Crippen LogP contribution in [0.2, 0.25) is 0 Å². The van der Waals surface area contributed by atoms with Crippen molar-refractivity contribution in [3.8, 4) is 11.8 Å². The van der Waals surface area contributed by atoms with Crippen molar-refractivity contribution in [2.24, 2.45) is 5.92 Å². The SMILES string of the molecule is CCC(CC)COC(=O)[C@@H](C)NP(=O)(OC[C@@]1(F)O[C@@](C#N)(c2ccc3c(N)ncnn23)[C@H](O)[C@@H]1O)Oc1ccccc1. The maximum Gasteiger partial charge on any atom is 0.459 e. The van der Waals surface area contributed by atoms with Gasteiger partial charge in [-0.05, 0) is 37.1 Å². The molecule has 1 fully saturated rings. The molecule has 0 bridgehead atoms. The number of para-hydroxylation sites is 1. The zero-order valence-corrected chi connectivity index (χ0v) is 24.7. The molecule has 43 heavy (non-hydrogen) atoms. The van der Waals surface area contributed by atoms with E-state index in [-0.39, 0.29) is 35.3 Å². The van der Waals surface area contributed by atoms with Crippen molar-refractivity contribution in [3.05, 3.63) is 54.5 Å². The van der Waals surface area contributed by atoms with Gasteiger partial charge < -0.3 is 29.9 Å². The highest BCUT2D eigenvalue weighted by molar-refractivity contribution is 7.52. The van der Waals surface area contributed by atoms with Gasteiger partial charge in [0.05, 0.1) is 12.3 Å². The number of nitrogens with two attached hydrogens (primary N) is 1. The maximum atomic E-state index is 16.3. The lowest BCUT2D eigenvalue weighted by Gasteiger charge is -2.28. The number of nitrogens with one attached hydrogen (secondary N) is 1. The number of hydrogen-bond donors (Lipinski definition) is 4. The molecule has 16 heteroatoms. The van der Waals surface area contributed by atoms with E-state index < -0.39 is 50.0 Å². The first-order chi connectivity index (χ1) is 20.4. The number of aliphatic hydroxyl groups is 2. The summed E-state index contributed by atoms with van der Waals surface area (Å²) in [7, 11) is -4.60. The normalized spacial score (nSPS) is 25.7. The molecule has 3 heterocycles. The second kappa shape index (κ2) is 12.9. The maximum absolute atomic E-state index is 16.3. The van der Waals surface area contributed by atoms with E-state index in [1.54, 1.807) is 24.3 Å². The van der Waals surface area contributed by atoms with Gasteiger partial charge in [0.1, 0.15) is 48.5 Å². The Hall–Kier alpha value is -3.64. The third kappa shape index (κ3) is 6.50. The van der Waals surface area contributed by atoms with Gasteiger partial charge in [0.25, 0.3) is 5.85 Å². The van der Waals surface area contributed by atoms with Crippen LogP contribution in [-0.2, 0) is 29.0 Å². The topological polar surface area (TPSA) is 204 Å². The highest BCUT2D eigenvalue weighted by atomic mass is 31.2. The highest BCUT2D eigenvalue weighted by Gasteiger charge is 2.66. The Morgan fingerprint density at radius 3 is 2.60 bits per heavy atom. The van der Waals surface area contributed by atoms with Gasteiger partial charge in [-0.3, -0.25) is 9.32 Å². The summed E-state index contributed by atoms with van der Waals surface area (Å²) >= 11 is 0. The first-order valence-corrected chi connectivity index (χ1v) is 15.1. The number of aromatic nitrogens is 3. The van der Waals surface area contributed by atoms with E-state index in [2.05, 4.69) is 15.2 Å². The van der Waals surface area contributed by atoms with Crippen molar-refractivity contribution < 1.29 is 42.5 Å². The van der Waals surface area contributed by atoms with E-state index in [0.29, 0.717) is 0 Å². The van der Waals surface area contributed by atoms with Gasteiger partial charge in [-0.1, -0.05) is 44.9 Å². The minimum atomic E-state index is -4.60. The molecule has 1 saturated heterocycles. The summed E-state index contributed by atoms with van der Waals surface area (Å²) in [5, 5.41) is 38.2. The molecule has 0 radical (unpaired) electrons. The highest BCUT2D eigenvalue weighted by Crippen LogP contribution is 2.50. The second-order valence-electron chi connectivity index (χ2n) is 10.1. The largest absolute Gasteiger partial charge is 0.464 e. The number of halogens is 1. The molecule has 1 aromatic carbocycles. The van der Waals surface area contributed by atoms with Crippen LogP contribution in [-0.4, -0.2) is 68.1 Å². The average molecular weight is 621 g/mol. The summed E-state index contributed by atoms with van der Waals surface area (Å²) in [6.07, 6.45) is -1.84. The van der Waals surface area contributed by atoms with E-state index >= 15 is 4.39 Å². The Bertz CT molecular complexity index is 1520. The number of esters is 1. The molecule has 4 rings (SSSR count). The van der Waals surface area contributed by atoms with Crippen molar-refractivity contribution in [1.29, 1.82) is 5.26 Å². The fourth-order valence-corrected chi connectivity index (χ4v) is 6.07. The molecule has 0 saturated carbocycles. The molecule has 0 amide bonds. The number of ether oxygens (including phenoxy) is 2. The van der Waals surface area contributed by atoms with Crippen LogP contribution in [0.3, 0.4) is 0 Å². The Kier molecular flexibility index (Phi) is 9.70. The fraction of sp³-hybridized carbons (Fsp3) is 0.481. The Morgan fingerprint density at radius 2 is 1.95 bits per heavy atom. The van der Waals surface area contributed by atoms with Crippen LogP contribution >= 0.6 is 7.75 Å². The monoisotopic (exact) mass is 620 g/mol. The molecule has 3 aromatic rings. The van der Waals surface area contributed by atoms with Crippen LogP contribution < -0.4 is 15.3 Å².